The molecule has 34 heavy (non-hydrogen) atoms. The van der Waals surface area contributed by atoms with E-state index >= 15 is 0 Å². The Kier molecular flexibility index (Phi) is 7.28. The van der Waals surface area contributed by atoms with Crippen LogP contribution in [0.3, 0.4) is 0 Å². The molecule has 0 spiro atoms. The minimum Gasteiger partial charge on any atom is -0.507 e. The number of likely N-dealkylation sites (tertiary alicyclic amines) is 1. The van der Waals surface area contributed by atoms with Crippen molar-refractivity contribution in [2.75, 3.05) is 6.61 Å². The maximum absolute atomic E-state index is 13.2. The number of carbonyl (C=O) groups is 2. The van der Waals surface area contributed by atoms with Gasteiger partial charge in [-0.05, 0) is 60.0 Å². The van der Waals surface area contributed by atoms with Crippen LogP contribution >= 0.6 is 11.6 Å². The average Bonchev–Trinajstić information content (AvgIpc) is 3.10. The first-order valence-electron chi connectivity index (χ1n) is 11.2. The number of halogens is 1. The van der Waals surface area contributed by atoms with Crippen LogP contribution in [0.25, 0.3) is 5.76 Å². The van der Waals surface area contributed by atoms with Gasteiger partial charge in [-0.15, -0.1) is 0 Å². The largest absolute Gasteiger partial charge is 0.507 e. The summed E-state index contributed by atoms with van der Waals surface area (Å²) < 4.78 is 5.86. The highest BCUT2D eigenvalue weighted by Crippen LogP contribution is 2.41. The molecule has 0 saturated carbocycles. The lowest BCUT2D eigenvalue weighted by atomic mass is 9.95. The van der Waals surface area contributed by atoms with E-state index in [1.54, 1.807) is 42.7 Å². The van der Waals surface area contributed by atoms with E-state index in [1.165, 1.54) is 4.90 Å². The van der Waals surface area contributed by atoms with Gasteiger partial charge < -0.3 is 14.7 Å². The quantitative estimate of drug-likeness (QED) is 0.200. The van der Waals surface area contributed by atoms with Crippen molar-refractivity contribution in [2.24, 2.45) is 0 Å². The molecule has 2 aromatic carbocycles. The number of hydrogen-bond acceptors (Lipinski definition) is 5. The number of benzene rings is 2. The number of amides is 1. The number of aliphatic hydroxyl groups excluding tert-OH is 1. The minimum atomic E-state index is -0.786. The number of ether oxygens (including phenoxy) is 1. The molecule has 1 saturated heterocycles. The fourth-order valence-corrected chi connectivity index (χ4v) is 4.08. The van der Waals surface area contributed by atoms with E-state index in [0.717, 1.165) is 18.4 Å². The molecule has 0 bridgehead atoms. The van der Waals surface area contributed by atoms with Gasteiger partial charge in [-0.25, -0.2) is 0 Å². The van der Waals surface area contributed by atoms with E-state index in [4.69, 9.17) is 16.3 Å². The van der Waals surface area contributed by atoms with Crippen LogP contribution in [0.2, 0.25) is 5.02 Å². The molecule has 3 aromatic rings. The van der Waals surface area contributed by atoms with Gasteiger partial charge in [0.15, 0.2) is 0 Å². The van der Waals surface area contributed by atoms with E-state index < -0.39 is 17.7 Å². The van der Waals surface area contributed by atoms with Gasteiger partial charge >= 0.3 is 0 Å². The minimum absolute atomic E-state index is 0.0296. The number of nitrogens with zero attached hydrogens (tertiary/aromatic N) is 2. The van der Waals surface area contributed by atoms with Crippen LogP contribution in [0.5, 0.6) is 5.75 Å². The second-order valence-electron chi connectivity index (χ2n) is 8.07. The fourth-order valence-electron chi connectivity index (χ4n) is 3.95. The predicted molar refractivity (Wildman–Crippen MR) is 130 cm³/mol. The van der Waals surface area contributed by atoms with Crippen LogP contribution in [0.1, 0.15) is 42.5 Å². The molecule has 1 aliphatic heterocycles. The van der Waals surface area contributed by atoms with Gasteiger partial charge in [-0.1, -0.05) is 43.1 Å². The molecule has 7 heteroatoms. The molecule has 1 unspecified atom stereocenters. The summed E-state index contributed by atoms with van der Waals surface area (Å²) in [6, 6.07) is 16.6. The molecule has 6 nitrogen and oxygen atoms in total. The molecule has 1 aliphatic rings. The van der Waals surface area contributed by atoms with Crippen molar-refractivity contribution in [1.82, 2.24) is 9.88 Å². The summed E-state index contributed by atoms with van der Waals surface area (Å²) in [6.45, 7) is 2.82. The van der Waals surface area contributed by atoms with Crippen molar-refractivity contribution in [3.63, 3.8) is 0 Å². The Morgan fingerprint density at radius 1 is 1.12 bits per heavy atom. The van der Waals surface area contributed by atoms with Crippen molar-refractivity contribution >= 4 is 29.1 Å². The van der Waals surface area contributed by atoms with Crippen LogP contribution in [-0.4, -0.2) is 33.3 Å². The second kappa shape index (κ2) is 10.5. The summed E-state index contributed by atoms with van der Waals surface area (Å²) in [7, 11) is 0. The monoisotopic (exact) mass is 476 g/mol. The Labute approximate surface area is 203 Å². The lowest BCUT2D eigenvalue weighted by Crippen LogP contribution is -2.29. The number of aromatic nitrogens is 1. The van der Waals surface area contributed by atoms with Crippen LogP contribution in [0.15, 0.2) is 78.6 Å². The van der Waals surface area contributed by atoms with Gasteiger partial charge in [-0.2, -0.15) is 0 Å². The number of aliphatic hydroxyl groups is 1. The summed E-state index contributed by atoms with van der Waals surface area (Å²) in [5.74, 6) is -1.02. The SMILES string of the molecule is CCCCOc1cccc(C2C(=C(O)c3ccc(Cl)cc3)C(=O)C(=O)N2Cc2cccnc2)c1. The Hall–Kier alpha value is -3.64. The van der Waals surface area contributed by atoms with Crippen LogP contribution < -0.4 is 4.74 Å². The van der Waals surface area contributed by atoms with E-state index in [2.05, 4.69) is 11.9 Å². The summed E-state index contributed by atoms with van der Waals surface area (Å²) in [6.07, 6.45) is 5.22. The zero-order chi connectivity index (χ0) is 24.1. The van der Waals surface area contributed by atoms with Crippen molar-refractivity contribution in [1.29, 1.82) is 0 Å². The van der Waals surface area contributed by atoms with E-state index in [-0.39, 0.29) is 17.9 Å². The number of rotatable bonds is 8. The topological polar surface area (TPSA) is 79.7 Å². The highest BCUT2D eigenvalue weighted by molar-refractivity contribution is 6.46. The van der Waals surface area contributed by atoms with Crippen molar-refractivity contribution in [2.45, 2.75) is 32.4 Å². The summed E-state index contributed by atoms with van der Waals surface area (Å²) >= 11 is 5.99. The van der Waals surface area contributed by atoms with Gasteiger partial charge in [0.05, 0.1) is 18.2 Å². The average molecular weight is 477 g/mol. The van der Waals surface area contributed by atoms with Crippen molar-refractivity contribution < 1.29 is 19.4 Å². The maximum atomic E-state index is 13.2. The molecular formula is C27H25ClN2O4. The first-order chi connectivity index (χ1) is 16.5. The van der Waals surface area contributed by atoms with E-state index in [1.807, 2.05) is 30.3 Å². The van der Waals surface area contributed by atoms with Crippen molar-refractivity contribution in [3.8, 4) is 5.75 Å². The first kappa shape index (κ1) is 23.5. The Morgan fingerprint density at radius 2 is 1.91 bits per heavy atom. The molecule has 1 amide bonds. The molecule has 1 N–H and O–H groups in total. The van der Waals surface area contributed by atoms with Gasteiger partial charge in [0.1, 0.15) is 11.5 Å². The standard InChI is InChI=1S/C27H25ClN2O4/c1-2-3-14-34-22-8-4-7-20(15-22)24-23(25(31)19-9-11-21(28)12-10-19)26(32)27(33)30(24)17-18-6-5-13-29-16-18/h4-13,15-16,24,31H,2-3,14,17H2,1H3. The third kappa shape index (κ3) is 4.97. The van der Waals surface area contributed by atoms with E-state index in [0.29, 0.717) is 28.5 Å². The molecule has 1 fully saturated rings. The van der Waals surface area contributed by atoms with Crippen LogP contribution in [-0.2, 0) is 16.1 Å². The van der Waals surface area contributed by atoms with Gasteiger partial charge in [0.25, 0.3) is 11.7 Å². The smallest absolute Gasteiger partial charge is 0.295 e. The summed E-state index contributed by atoms with van der Waals surface area (Å²) in [4.78, 5) is 31.9. The molecular weight excluding hydrogens is 452 g/mol. The number of unbranched alkanes of at least 4 members (excludes halogenated alkanes) is 1. The van der Waals surface area contributed by atoms with Gasteiger partial charge in [-0.3, -0.25) is 14.6 Å². The number of Topliss-reactive ketones (excluding diaryl/α,β-unsaturated/α-hetero) is 1. The van der Waals surface area contributed by atoms with E-state index in [9.17, 15) is 14.7 Å². The highest BCUT2D eigenvalue weighted by Gasteiger charge is 2.46. The van der Waals surface area contributed by atoms with Crippen LogP contribution in [0, 0.1) is 0 Å². The first-order valence-corrected chi connectivity index (χ1v) is 11.5. The molecule has 174 valence electrons. The molecule has 0 radical (unpaired) electrons. The summed E-state index contributed by atoms with van der Waals surface area (Å²) in [5, 5.41) is 11.7. The Morgan fingerprint density at radius 3 is 2.62 bits per heavy atom. The van der Waals surface area contributed by atoms with Gasteiger partial charge in [0.2, 0.25) is 0 Å². The number of carbonyl (C=O) groups excluding carboxylic acids is 2. The predicted octanol–water partition coefficient (Wildman–Crippen LogP) is 5.54. The molecule has 2 heterocycles. The second-order valence-corrected chi connectivity index (χ2v) is 8.51. The lowest BCUT2D eigenvalue weighted by Gasteiger charge is -2.25. The van der Waals surface area contributed by atoms with Gasteiger partial charge in [0, 0.05) is 29.5 Å². The lowest BCUT2D eigenvalue weighted by molar-refractivity contribution is -0.140. The molecule has 1 aromatic heterocycles. The maximum Gasteiger partial charge on any atom is 0.295 e. The van der Waals surface area contributed by atoms with Crippen molar-refractivity contribution in [3.05, 3.63) is 100 Å². The zero-order valence-corrected chi connectivity index (χ0v) is 19.5. The molecule has 0 aliphatic carbocycles. The number of hydrogen-bond donors (Lipinski definition) is 1. The third-order valence-corrected chi connectivity index (χ3v) is 5.93. The van der Waals surface area contributed by atoms with Crippen LogP contribution in [0.4, 0.5) is 0 Å². The number of ketones is 1. The highest BCUT2D eigenvalue weighted by atomic mass is 35.5. The fraction of sp³-hybridized carbons (Fsp3) is 0.222. The third-order valence-electron chi connectivity index (χ3n) is 5.67. The Balaban J connectivity index is 1.80. The zero-order valence-electron chi connectivity index (χ0n) is 18.8. The summed E-state index contributed by atoms with van der Waals surface area (Å²) in [5.41, 5.74) is 1.88. The Bertz CT molecular complexity index is 1210. The number of pyridine rings is 1. The molecule has 4 rings (SSSR count). The normalized spacial score (nSPS) is 17.2. The molecule has 1 atom stereocenters.